The second-order valence-corrected chi connectivity index (χ2v) is 5.51. The van der Waals surface area contributed by atoms with E-state index in [0.29, 0.717) is 22.2 Å². The van der Waals surface area contributed by atoms with E-state index in [1.54, 1.807) is 18.2 Å². The number of benzene rings is 1. The van der Waals surface area contributed by atoms with Crippen molar-refractivity contribution >= 4 is 23.2 Å². The van der Waals surface area contributed by atoms with Gasteiger partial charge in [0.15, 0.2) is 0 Å². The Morgan fingerprint density at radius 3 is 2.83 bits per heavy atom. The predicted octanol–water partition coefficient (Wildman–Crippen LogP) is 3.23. The number of halogens is 1. The van der Waals surface area contributed by atoms with Crippen LogP contribution < -0.4 is 11.1 Å². The molecule has 2 unspecified atom stereocenters. The van der Waals surface area contributed by atoms with Gasteiger partial charge in [-0.25, -0.2) is 0 Å². The number of nitrogens with one attached hydrogen (secondary N) is 1. The summed E-state index contributed by atoms with van der Waals surface area (Å²) in [4.78, 5) is 12.2. The van der Waals surface area contributed by atoms with Crippen LogP contribution in [-0.4, -0.2) is 11.9 Å². The third-order valence-corrected chi connectivity index (χ3v) is 3.92. The predicted molar refractivity (Wildman–Crippen MR) is 74.8 cm³/mol. The number of carbonyl (C=O) groups is 1. The van der Waals surface area contributed by atoms with Crippen molar-refractivity contribution in [3.8, 4) is 0 Å². The number of hydrogen-bond donors (Lipinski definition) is 2. The lowest BCUT2D eigenvalue weighted by molar-refractivity contribution is 0.0911. The maximum Gasteiger partial charge on any atom is 0.253 e. The largest absolute Gasteiger partial charge is 0.398 e. The van der Waals surface area contributed by atoms with Gasteiger partial charge in [-0.1, -0.05) is 31.4 Å². The Morgan fingerprint density at radius 2 is 2.11 bits per heavy atom. The normalized spacial score (nSPS) is 23.7. The minimum absolute atomic E-state index is 0.117. The number of nitrogens with two attached hydrogens (primary N) is 1. The van der Waals surface area contributed by atoms with Crippen molar-refractivity contribution in [3.63, 3.8) is 0 Å². The molecular formula is C14H19ClN2O. The van der Waals surface area contributed by atoms with Gasteiger partial charge in [0.2, 0.25) is 0 Å². The monoisotopic (exact) mass is 266 g/mol. The fourth-order valence-corrected chi connectivity index (χ4v) is 2.67. The summed E-state index contributed by atoms with van der Waals surface area (Å²) in [5.74, 6) is 0.414. The quantitative estimate of drug-likeness (QED) is 0.808. The molecule has 1 amide bonds. The van der Waals surface area contributed by atoms with Gasteiger partial charge < -0.3 is 11.1 Å². The van der Waals surface area contributed by atoms with Crippen molar-refractivity contribution in [1.82, 2.24) is 5.32 Å². The summed E-state index contributed by atoms with van der Waals surface area (Å²) in [7, 11) is 0. The zero-order chi connectivity index (χ0) is 13.1. The molecule has 2 rings (SSSR count). The zero-order valence-corrected chi connectivity index (χ0v) is 11.3. The van der Waals surface area contributed by atoms with Gasteiger partial charge in [-0.05, 0) is 37.0 Å². The van der Waals surface area contributed by atoms with Crippen LogP contribution in [0.3, 0.4) is 0 Å². The van der Waals surface area contributed by atoms with Crippen LogP contribution in [0.5, 0.6) is 0 Å². The first-order chi connectivity index (χ1) is 8.58. The number of nitrogen functional groups attached to an aromatic ring is 1. The van der Waals surface area contributed by atoms with Crippen molar-refractivity contribution in [3.05, 3.63) is 28.8 Å². The van der Waals surface area contributed by atoms with E-state index in [2.05, 4.69) is 12.2 Å². The summed E-state index contributed by atoms with van der Waals surface area (Å²) in [5, 5.41) is 3.61. The zero-order valence-electron chi connectivity index (χ0n) is 10.6. The first-order valence-corrected chi connectivity index (χ1v) is 6.81. The van der Waals surface area contributed by atoms with Gasteiger partial charge in [-0.15, -0.1) is 0 Å². The van der Waals surface area contributed by atoms with Crippen LogP contribution in [0, 0.1) is 5.92 Å². The Morgan fingerprint density at radius 1 is 1.39 bits per heavy atom. The fraction of sp³-hybridized carbons (Fsp3) is 0.500. The molecular weight excluding hydrogens is 248 g/mol. The molecule has 1 saturated carbocycles. The van der Waals surface area contributed by atoms with Crippen LogP contribution in [0.1, 0.15) is 43.0 Å². The second-order valence-electron chi connectivity index (χ2n) is 5.07. The Kier molecular flexibility index (Phi) is 4.12. The van der Waals surface area contributed by atoms with Crippen molar-refractivity contribution in [2.45, 2.75) is 38.6 Å². The smallest absolute Gasteiger partial charge is 0.253 e. The molecule has 0 aliphatic heterocycles. The Hall–Kier alpha value is -1.22. The summed E-state index contributed by atoms with van der Waals surface area (Å²) >= 11 is 5.90. The molecule has 0 spiro atoms. The highest BCUT2D eigenvalue weighted by molar-refractivity contribution is 6.31. The average Bonchev–Trinajstić information content (AvgIpc) is 2.35. The molecule has 3 nitrogen and oxygen atoms in total. The Labute approximate surface area is 113 Å². The van der Waals surface area contributed by atoms with Gasteiger partial charge in [0, 0.05) is 16.8 Å². The molecule has 1 aromatic carbocycles. The Balaban J connectivity index is 2.09. The molecule has 0 saturated heterocycles. The van der Waals surface area contributed by atoms with Crippen molar-refractivity contribution in [2.24, 2.45) is 5.92 Å². The van der Waals surface area contributed by atoms with E-state index in [-0.39, 0.29) is 11.9 Å². The molecule has 4 heteroatoms. The average molecular weight is 267 g/mol. The van der Waals surface area contributed by atoms with Gasteiger partial charge in [-0.3, -0.25) is 4.79 Å². The molecule has 1 fully saturated rings. The molecule has 18 heavy (non-hydrogen) atoms. The number of hydrogen-bond acceptors (Lipinski definition) is 2. The number of anilines is 1. The van der Waals surface area contributed by atoms with Crippen LogP contribution in [0.25, 0.3) is 0 Å². The van der Waals surface area contributed by atoms with Crippen molar-refractivity contribution < 1.29 is 4.79 Å². The minimum Gasteiger partial charge on any atom is -0.398 e. The van der Waals surface area contributed by atoms with Gasteiger partial charge in [0.1, 0.15) is 0 Å². The number of amides is 1. The molecule has 1 aliphatic rings. The topological polar surface area (TPSA) is 55.1 Å². The molecule has 1 aromatic rings. The van der Waals surface area contributed by atoms with E-state index >= 15 is 0 Å². The van der Waals surface area contributed by atoms with Crippen LogP contribution in [0.2, 0.25) is 5.02 Å². The van der Waals surface area contributed by atoms with Crippen molar-refractivity contribution in [1.29, 1.82) is 0 Å². The first-order valence-electron chi connectivity index (χ1n) is 6.44. The van der Waals surface area contributed by atoms with E-state index in [1.807, 2.05) is 0 Å². The van der Waals surface area contributed by atoms with Crippen molar-refractivity contribution in [2.75, 3.05) is 5.73 Å². The standard InChI is InChI=1S/C14H19ClN2O/c1-9-4-2-3-5-13(9)17-14(18)11-8-10(15)6-7-12(11)16/h6-9,13H,2-5,16H2,1H3,(H,17,18). The molecule has 0 aromatic heterocycles. The molecule has 98 valence electrons. The van der Waals surface area contributed by atoms with Crippen LogP contribution in [-0.2, 0) is 0 Å². The van der Waals surface area contributed by atoms with Crippen LogP contribution >= 0.6 is 11.6 Å². The third kappa shape index (κ3) is 2.96. The van der Waals surface area contributed by atoms with E-state index in [1.165, 1.54) is 19.3 Å². The maximum absolute atomic E-state index is 12.2. The molecule has 2 atom stereocenters. The van der Waals surface area contributed by atoms with Crippen LogP contribution in [0.15, 0.2) is 18.2 Å². The van der Waals surface area contributed by atoms with E-state index in [9.17, 15) is 4.79 Å². The SMILES string of the molecule is CC1CCCCC1NC(=O)c1cc(Cl)ccc1N. The molecule has 0 bridgehead atoms. The summed E-state index contributed by atoms with van der Waals surface area (Å²) in [6.45, 7) is 2.19. The highest BCUT2D eigenvalue weighted by Crippen LogP contribution is 2.25. The van der Waals surface area contributed by atoms with Crippen LogP contribution in [0.4, 0.5) is 5.69 Å². The third-order valence-electron chi connectivity index (χ3n) is 3.69. The highest BCUT2D eigenvalue weighted by Gasteiger charge is 2.23. The van der Waals surface area contributed by atoms with E-state index in [4.69, 9.17) is 17.3 Å². The van der Waals surface area contributed by atoms with E-state index in [0.717, 1.165) is 6.42 Å². The van der Waals surface area contributed by atoms with Gasteiger partial charge in [-0.2, -0.15) is 0 Å². The lowest BCUT2D eigenvalue weighted by Crippen LogP contribution is -2.41. The highest BCUT2D eigenvalue weighted by atomic mass is 35.5. The van der Waals surface area contributed by atoms with E-state index < -0.39 is 0 Å². The van der Waals surface area contributed by atoms with Gasteiger partial charge >= 0.3 is 0 Å². The molecule has 0 radical (unpaired) electrons. The fourth-order valence-electron chi connectivity index (χ4n) is 2.50. The van der Waals surface area contributed by atoms with Gasteiger partial charge in [0.25, 0.3) is 5.91 Å². The summed E-state index contributed by atoms with van der Waals surface area (Å²) in [6, 6.07) is 5.24. The maximum atomic E-state index is 12.2. The summed E-state index contributed by atoms with van der Waals surface area (Å²) in [6.07, 6.45) is 4.66. The lowest BCUT2D eigenvalue weighted by atomic mass is 9.86. The number of rotatable bonds is 2. The Bertz CT molecular complexity index is 447. The molecule has 3 N–H and O–H groups in total. The first kappa shape index (κ1) is 13.2. The van der Waals surface area contributed by atoms with Gasteiger partial charge in [0.05, 0.1) is 5.56 Å². The summed E-state index contributed by atoms with van der Waals surface area (Å²) in [5.41, 5.74) is 6.76. The minimum atomic E-state index is -0.117. The summed E-state index contributed by atoms with van der Waals surface area (Å²) < 4.78 is 0. The second kappa shape index (κ2) is 5.61. The molecule has 1 aliphatic carbocycles. The molecule has 0 heterocycles. The number of carbonyl (C=O) groups excluding carboxylic acids is 1. The lowest BCUT2D eigenvalue weighted by Gasteiger charge is -2.29.